The molecule has 3 aliphatic rings. The molecule has 0 nitrogen and oxygen atoms in total. The van der Waals surface area contributed by atoms with Crippen molar-refractivity contribution in [3.63, 3.8) is 0 Å². The molecular formula is C49H56Cl2Zr-2. The molecule has 0 unspecified atom stereocenters. The first-order valence-corrected chi connectivity index (χ1v) is 19.9. The van der Waals surface area contributed by atoms with Crippen molar-refractivity contribution in [1.29, 1.82) is 0 Å². The first-order chi connectivity index (χ1) is 23.5. The monoisotopic (exact) mass is 804 g/mol. The normalized spacial score (nSPS) is 18.1. The molecule has 0 amide bonds. The van der Waals surface area contributed by atoms with E-state index in [9.17, 15) is 0 Å². The third-order valence-electron chi connectivity index (χ3n) is 11.9. The smallest absolute Gasteiger partial charge is 0.109 e. The third kappa shape index (κ3) is 8.75. The van der Waals surface area contributed by atoms with Crippen LogP contribution < -0.4 is 24.8 Å². The van der Waals surface area contributed by atoms with Gasteiger partial charge in [0.2, 0.25) is 0 Å². The van der Waals surface area contributed by atoms with Gasteiger partial charge in [0.15, 0.2) is 0 Å². The van der Waals surface area contributed by atoms with Gasteiger partial charge in [0.1, 0.15) is 0 Å². The third-order valence-corrected chi connectivity index (χ3v) is 13.3. The SMILES string of the molecule is CC1(C)CCC(C)(C)c2cc3c(cc21)[cH-]c1cc2c(cc13)C(C)(C)CCC2(C)C.Cc1ccc([C](=[Zr+2])c2ccc(C)cc2)cc1.[C-]1=CC=CC1.[Cl-].[Cl-]. The molecule has 0 heterocycles. The fourth-order valence-electron chi connectivity index (χ4n) is 8.08. The van der Waals surface area contributed by atoms with Gasteiger partial charge in [-0.2, -0.15) is 6.08 Å². The molecule has 5 aromatic rings. The van der Waals surface area contributed by atoms with Crippen molar-refractivity contribution in [3.8, 4) is 0 Å². The Bertz CT molecular complexity index is 1950. The van der Waals surface area contributed by atoms with Crippen LogP contribution in [-0.2, 0) is 45.9 Å². The van der Waals surface area contributed by atoms with Crippen molar-refractivity contribution < 1.29 is 49.0 Å². The second kappa shape index (κ2) is 16.1. The molecule has 5 aromatic carbocycles. The number of aryl methyl sites for hydroxylation is 2. The van der Waals surface area contributed by atoms with Crippen LogP contribution in [0, 0.1) is 19.9 Å². The van der Waals surface area contributed by atoms with Crippen LogP contribution in [0.25, 0.3) is 21.5 Å². The van der Waals surface area contributed by atoms with Gasteiger partial charge in [-0.25, -0.2) is 12.2 Å². The zero-order valence-electron chi connectivity index (χ0n) is 33.0. The van der Waals surface area contributed by atoms with Crippen LogP contribution >= 0.6 is 0 Å². The molecule has 8 rings (SSSR count). The minimum Gasteiger partial charge on any atom is -1.00 e. The van der Waals surface area contributed by atoms with Gasteiger partial charge < -0.3 is 24.8 Å². The predicted molar refractivity (Wildman–Crippen MR) is 215 cm³/mol. The van der Waals surface area contributed by atoms with Gasteiger partial charge in [-0.15, -0.1) is 46.2 Å². The molecular weight excluding hydrogens is 751 g/mol. The molecule has 0 fully saturated rings. The van der Waals surface area contributed by atoms with Gasteiger partial charge >= 0.3 is 112 Å². The summed E-state index contributed by atoms with van der Waals surface area (Å²) in [5.41, 5.74) is 12.7. The largest absolute Gasteiger partial charge is 1.00 e. The Hall–Kier alpha value is -2.44. The maximum atomic E-state index is 2.99. The molecule has 0 spiro atoms. The minimum absolute atomic E-state index is 0. The average Bonchev–Trinajstić information content (AvgIpc) is 3.77. The van der Waals surface area contributed by atoms with Gasteiger partial charge in [0.05, 0.1) is 0 Å². The number of hydrogen-bond acceptors (Lipinski definition) is 0. The summed E-state index contributed by atoms with van der Waals surface area (Å²) in [6.07, 6.45) is 15.1. The number of rotatable bonds is 2. The van der Waals surface area contributed by atoms with Crippen LogP contribution in [0.1, 0.15) is 132 Å². The molecule has 3 heteroatoms. The second-order valence-corrected chi connectivity index (χ2v) is 19.0. The zero-order chi connectivity index (χ0) is 36.1. The number of benzene rings is 4. The standard InChI is InChI=1S/C29H37.C15H14.C5H5.2ClH.Zr/c1-26(2)9-11-28(5,6)24-16-20-18(14-22(24)26)13-19-15-23-25(17-21(19)20)29(7,8)12-10-27(23,3)4;1-12-3-7-14(8-4-12)11-15-9-5-13(2)6-10-15;1-2-4-5-3-1;;;/h13-17H,9-12H2,1-8H3;3-10H,1-2H3;1-3H,4H2;2*1H;/q-1;;-1;;;+2/p-2. The molecule has 0 radical (unpaired) electrons. The fraction of sp³-hybridized carbons (Fsp3) is 0.388. The predicted octanol–water partition coefficient (Wildman–Crippen LogP) is 7.14. The van der Waals surface area contributed by atoms with Gasteiger partial charge in [-0.3, -0.25) is 6.08 Å². The van der Waals surface area contributed by atoms with Crippen LogP contribution in [0.3, 0.4) is 0 Å². The first-order valence-electron chi connectivity index (χ1n) is 18.7. The molecule has 0 saturated carbocycles. The molecule has 0 saturated heterocycles. The first kappa shape index (κ1) is 42.3. The summed E-state index contributed by atoms with van der Waals surface area (Å²) in [5, 5.41) is 5.79. The summed E-state index contributed by atoms with van der Waals surface area (Å²) in [4.78, 5) is 0. The van der Waals surface area contributed by atoms with E-state index in [1.807, 2.05) is 12.2 Å². The Kier molecular flexibility index (Phi) is 13.1. The summed E-state index contributed by atoms with van der Waals surface area (Å²) in [6.45, 7) is 23.7. The molecule has 0 N–H and O–H groups in total. The van der Waals surface area contributed by atoms with Crippen LogP contribution in [-0.4, -0.2) is 3.21 Å². The molecule has 272 valence electrons. The molecule has 0 bridgehead atoms. The van der Waals surface area contributed by atoms with E-state index in [0.717, 1.165) is 6.42 Å². The Morgan fingerprint density at radius 1 is 0.558 bits per heavy atom. The van der Waals surface area contributed by atoms with Crippen molar-refractivity contribution in [2.24, 2.45) is 0 Å². The second-order valence-electron chi connectivity index (χ2n) is 17.8. The fourth-order valence-corrected chi connectivity index (χ4v) is 8.90. The molecule has 0 aliphatic heterocycles. The average molecular weight is 807 g/mol. The summed E-state index contributed by atoms with van der Waals surface area (Å²) in [7, 11) is 0. The van der Waals surface area contributed by atoms with Crippen LogP contribution in [0.15, 0.2) is 97.1 Å². The van der Waals surface area contributed by atoms with E-state index in [1.165, 1.54) is 96.9 Å². The van der Waals surface area contributed by atoms with E-state index >= 15 is 0 Å². The molecule has 52 heavy (non-hydrogen) atoms. The number of fused-ring (bicyclic) bond motifs is 5. The van der Waals surface area contributed by atoms with Crippen molar-refractivity contribution in [2.45, 2.75) is 123 Å². The zero-order valence-corrected chi connectivity index (χ0v) is 37.0. The van der Waals surface area contributed by atoms with E-state index in [2.05, 4.69) is 160 Å². The van der Waals surface area contributed by atoms with Gasteiger partial charge in [0.25, 0.3) is 0 Å². The Morgan fingerprint density at radius 3 is 1.19 bits per heavy atom. The van der Waals surface area contributed by atoms with Crippen LogP contribution in [0.4, 0.5) is 0 Å². The van der Waals surface area contributed by atoms with Gasteiger partial charge in [-0.05, 0) is 47.3 Å². The van der Waals surface area contributed by atoms with E-state index in [4.69, 9.17) is 0 Å². The topological polar surface area (TPSA) is 0 Å². The Morgan fingerprint density at radius 2 is 0.904 bits per heavy atom. The number of allylic oxidation sites excluding steroid dienone is 4. The Labute approximate surface area is 342 Å². The summed E-state index contributed by atoms with van der Waals surface area (Å²) >= 11 is 1.46. The van der Waals surface area contributed by atoms with Crippen molar-refractivity contribution >= 4 is 24.8 Å². The molecule has 0 atom stereocenters. The Balaban J connectivity index is 0.000000221. The maximum Gasteiger partial charge on any atom is -0.109 e. The maximum absolute atomic E-state index is 2.99. The van der Waals surface area contributed by atoms with Crippen molar-refractivity contribution in [1.82, 2.24) is 0 Å². The minimum atomic E-state index is 0. The van der Waals surface area contributed by atoms with Crippen molar-refractivity contribution in [3.05, 3.63) is 148 Å². The van der Waals surface area contributed by atoms with E-state index in [0.29, 0.717) is 0 Å². The van der Waals surface area contributed by atoms with Gasteiger partial charge in [-0.1, -0.05) is 89.8 Å². The quantitative estimate of drug-likeness (QED) is 0.167. The van der Waals surface area contributed by atoms with E-state index < -0.39 is 0 Å². The molecule has 3 aliphatic carbocycles. The number of halogens is 2. The van der Waals surface area contributed by atoms with Crippen LogP contribution in [0.5, 0.6) is 0 Å². The number of hydrogen-bond donors (Lipinski definition) is 0. The van der Waals surface area contributed by atoms with Crippen molar-refractivity contribution in [2.75, 3.05) is 0 Å². The van der Waals surface area contributed by atoms with Gasteiger partial charge in [0, 0.05) is 0 Å². The summed E-state index contributed by atoms with van der Waals surface area (Å²) in [6, 6.07) is 30.2. The van der Waals surface area contributed by atoms with E-state index in [-0.39, 0.29) is 46.5 Å². The molecule has 0 aromatic heterocycles. The summed E-state index contributed by atoms with van der Waals surface area (Å²) in [5.74, 6) is 0. The summed E-state index contributed by atoms with van der Waals surface area (Å²) < 4.78 is 1.42. The van der Waals surface area contributed by atoms with E-state index in [1.54, 1.807) is 22.3 Å². The van der Waals surface area contributed by atoms with Crippen LogP contribution in [0.2, 0.25) is 0 Å².